The first-order valence-electron chi connectivity index (χ1n) is 8.02. The molecule has 0 saturated carbocycles. The number of carbonyl (C=O) groups is 2. The topological polar surface area (TPSA) is 105 Å². The number of hydrogen-bond donors (Lipinski definition) is 1. The molecule has 1 aromatic heterocycles. The van der Waals surface area contributed by atoms with Crippen molar-refractivity contribution in [2.24, 2.45) is 4.99 Å². The number of Topliss-reactive ketones (excluding diaryl/α,β-unsaturated/α-hetero) is 1. The maximum absolute atomic E-state index is 12.6. The van der Waals surface area contributed by atoms with Crippen molar-refractivity contribution in [2.45, 2.75) is 45.8 Å². The highest BCUT2D eigenvalue weighted by atomic mass is 35.5. The van der Waals surface area contributed by atoms with Crippen LogP contribution in [0.4, 0.5) is 4.79 Å². The van der Waals surface area contributed by atoms with E-state index < -0.39 is 27.3 Å². The number of guanidine groups is 1. The molecule has 0 radical (unpaired) electrons. The highest BCUT2D eigenvalue weighted by molar-refractivity contribution is 7.89. The van der Waals surface area contributed by atoms with Crippen LogP contribution in [-0.4, -0.2) is 49.0 Å². The predicted octanol–water partition coefficient (Wildman–Crippen LogP) is 2.98. The van der Waals surface area contributed by atoms with Gasteiger partial charge in [-0.15, -0.1) is 16.3 Å². The fourth-order valence-corrected chi connectivity index (χ4v) is 5.59. The minimum absolute atomic E-state index is 0.171. The molecule has 1 atom stereocenters. The molecule has 1 fully saturated rings. The lowest BCUT2D eigenvalue weighted by Crippen LogP contribution is -2.61. The molecule has 1 aliphatic heterocycles. The summed E-state index contributed by atoms with van der Waals surface area (Å²) in [4.78, 5) is 28.4. The molecule has 11 heteroatoms. The molecule has 0 spiro atoms. The number of amides is 1. The van der Waals surface area contributed by atoms with Gasteiger partial charge in [0.2, 0.25) is 16.0 Å². The number of sulfonamides is 1. The smallest absolute Gasteiger partial charge is 0.437 e. The van der Waals surface area contributed by atoms with Gasteiger partial charge in [-0.05, 0) is 40.7 Å². The molecular formula is C16H22ClN3O5S2. The zero-order valence-electron chi connectivity index (χ0n) is 15.9. The summed E-state index contributed by atoms with van der Waals surface area (Å²) >= 11 is 7.37. The van der Waals surface area contributed by atoms with E-state index in [1.807, 2.05) is 0 Å². The Labute approximate surface area is 167 Å². The molecule has 0 unspecified atom stereocenters. The number of halogens is 1. The van der Waals surface area contributed by atoms with Crippen LogP contribution < -0.4 is 5.32 Å². The van der Waals surface area contributed by atoms with Crippen LogP contribution in [-0.2, 0) is 20.3 Å². The SMILES string of the molecule is CC(=O)c1cc(Cl)c([C@]2(C)CS(=O)(=O)N(C)/C(=N/C(=O)OC(C)(C)C)N2)s1. The summed E-state index contributed by atoms with van der Waals surface area (Å²) in [6.07, 6.45) is -0.919. The van der Waals surface area contributed by atoms with E-state index >= 15 is 0 Å². The number of aliphatic imine (C=N–C) groups is 1. The molecule has 8 nitrogen and oxygen atoms in total. The van der Waals surface area contributed by atoms with Gasteiger partial charge in [0, 0.05) is 7.05 Å². The lowest BCUT2D eigenvalue weighted by atomic mass is 10.0. The summed E-state index contributed by atoms with van der Waals surface area (Å²) in [6, 6.07) is 1.51. The summed E-state index contributed by atoms with van der Waals surface area (Å²) in [5.41, 5.74) is -1.94. The average molecular weight is 436 g/mol. The number of ether oxygens (including phenoxy) is 1. The van der Waals surface area contributed by atoms with Crippen molar-refractivity contribution >= 4 is 50.8 Å². The lowest BCUT2D eigenvalue weighted by molar-refractivity contribution is 0.0601. The zero-order chi connectivity index (χ0) is 20.8. The van der Waals surface area contributed by atoms with Gasteiger partial charge in [-0.1, -0.05) is 11.6 Å². The van der Waals surface area contributed by atoms with Crippen molar-refractivity contribution in [2.75, 3.05) is 12.8 Å². The third-order valence-corrected chi connectivity index (χ3v) is 7.56. The molecule has 1 aliphatic rings. The molecule has 1 amide bonds. The Balaban J connectivity index is 2.48. The molecule has 0 aliphatic carbocycles. The molecule has 1 saturated heterocycles. The number of nitrogens with zero attached hydrogens (tertiary/aromatic N) is 2. The third kappa shape index (κ3) is 4.80. The Morgan fingerprint density at radius 1 is 1.41 bits per heavy atom. The van der Waals surface area contributed by atoms with Gasteiger partial charge < -0.3 is 10.1 Å². The van der Waals surface area contributed by atoms with E-state index in [-0.39, 0.29) is 22.5 Å². The number of nitrogens with one attached hydrogen (secondary N) is 1. The van der Waals surface area contributed by atoms with Gasteiger partial charge in [0.15, 0.2) is 5.78 Å². The van der Waals surface area contributed by atoms with E-state index in [9.17, 15) is 18.0 Å². The zero-order valence-corrected chi connectivity index (χ0v) is 18.3. The van der Waals surface area contributed by atoms with Crippen molar-refractivity contribution < 1.29 is 22.7 Å². The van der Waals surface area contributed by atoms with E-state index in [1.165, 1.54) is 20.0 Å². The molecular weight excluding hydrogens is 414 g/mol. The Hall–Kier alpha value is -1.65. The predicted molar refractivity (Wildman–Crippen MR) is 105 cm³/mol. The van der Waals surface area contributed by atoms with Crippen molar-refractivity contribution in [3.8, 4) is 0 Å². The highest BCUT2D eigenvalue weighted by Crippen LogP contribution is 2.39. The largest absolute Gasteiger partial charge is 0.442 e. The van der Waals surface area contributed by atoms with E-state index in [1.54, 1.807) is 27.7 Å². The second-order valence-corrected chi connectivity index (χ2v) is 10.9. The molecule has 1 N–H and O–H groups in total. The van der Waals surface area contributed by atoms with Gasteiger partial charge >= 0.3 is 6.09 Å². The van der Waals surface area contributed by atoms with E-state index in [2.05, 4.69) is 10.3 Å². The maximum atomic E-state index is 12.6. The molecule has 2 heterocycles. The van der Waals surface area contributed by atoms with Crippen LogP contribution in [0.2, 0.25) is 5.02 Å². The van der Waals surface area contributed by atoms with Crippen molar-refractivity contribution in [3.63, 3.8) is 0 Å². The summed E-state index contributed by atoms with van der Waals surface area (Å²) in [7, 11) is -2.49. The average Bonchev–Trinajstić information content (AvgIpc) is 2.85. The number of carbonyl (C=O) groups excluding carboxylic acids is 2. The second-order valence-electron chi connectivity index (χ2n) is 7.44. The number of hydrogen-bond acceptors (Lipinski definition) is 6. The number of thiophene rings is 1. The van der Waals surface area contributed by atoms with Gasteiger partial charge in [-0.25, -0.2) is 17.5 Å². The first-order chi connectivity index (χ1) is 12.1. The minimum Gasteiger partial charge on any atom is -0.442 e. The maximum Gasteiger partial charge on any atom is 0.437 e. The van der Waals surface area contributed by atoms with Gasteiger partial charge in [0.1, 0.15) is 5.60 Å². The summed E-state index contributed by atoms with van der Waals surface area (Å²) in [5.74, 6) is -0.663. The van der Waals surface area contributed by atoms with Crippen molar-refractivity contribution in [1.82, 2.24) is 9.62 Å². The third-order valence-electron chi connectivity index (χ3n) is 3.70. The standard InChI is InChI=1S/C16H22ClN3O5S2/c1-9(21)11-7-10(17)12(26-11)16(5)8-27(23,24)20(6)13(19-16)18-14(22)25-15(2,3)4/h7H,8H2,1-6H3,(H,18,19,22)/t16-/m0/s1. The molecule has 0 aromatic carbocycles. The normalized spacial score (nSPS) is 23.8. The van der Waals surface area contributed by atoms with Gasteiger partial charge in [-0.3, -0.25) is 4.79 Å². The quantitative estimate of drug-likeness (QED) is 0.716. The van der Waals surface area contributed by atoms with E-state index in [4.69, 9.17) is 16.3 Å². The van der Waals surface area contributed by atoms with Crippen LogP contribution in [0.15, 0.2) is 11.1 Å². The summed E-state index contributed by atoms with van der Waals surface area (Å²) in [6.45, 7) is 8.07. The molecule has 150 valence electrons. The van der Waals surface area contributed by atoms with Crippen LogP contribution in [0, 0.1) is 0 Å². The molecule has 0 bridgehead atoms. The highest BCUT2D eigenvalue weighted by Gasteiger charge is 2.45. The van der Waals surface area contributed by atoms with Crippen LogP contribution in [0.25, 0.3) is 0 Å². The van der Waals surface area contributed by atoms with Gasteiger partial charge in [0.05, 0.1) is 26.1 Å². The van der Waals surface area contributed by atoms with Crippen LogP contribution in [0.1, 0.15) is 49.2 Å². The number of ketones is 1. The van der Waals surface area contributed by atoms with Crippen LogP contribution in [0.3, 0.4) is 0 Å². The Morgan fingerprint density at radius 2 is 2.00 bits per heavy atom. The minimum atomic E-state index is -3.79. The van der Waals surface area contributed by atoms with E-state index in [0.29, 0.717) is 9.75 Å². The lowest BCUT2D eigenvalue weighted by Gasteiger charge is -2.39. The number of rotatable bonds is 2. The van der Waals surface area contributed by atoms with Crippen LogP contribution in [0.5, 0.6) is 0 Å². The molecule has 1 aromatic rings. The monoisotopic (exact) mass is 435 g/mol. The Morgan fingerprint density at radius 3 is 2.48 bits per heavy atom. The molecule has 27 heavy (non-hydrogen) atoms. The molecule has 2 rings (SSSR count). The summed E-state index contributed by atoms with van der Waals surface area (Å²) < 4.78 is 31.3. The van der Waals surface area contributed by atoms with E-state index in [0.717, 1.165) is 15.6 Å². The summed E-state index contributed by atoms with van der Waals surface area (Å²) in [5, 5.41) is 3.25. The van der Waals surface area contributed by atoms with Crippen molar-refractivity contribution in [3.05, 3.63) is 20.8 Å². The fraction of sp³-hybridized carbons (Fsp3) is 0.562. The first-order valence-corrected chi connectivity index (χ1v) is 10.8. The van der Waals surface area contributed by atoms with Crippen molar-refractivity contribution in [1.29, 1.82) is 0 Å². The Bertz CT molecular complexity index is 917. The van der Waals surface area contributed by atoms with Gasteiger partial charge in [-0.2, -0.15) is 0 Å². The van der Waals surface area contributed by atoms with Crippen LogP contribution >= 0.6 is 22.9 Å². The first kappa shape index (κ1) is 21.6. The van der Waals surface area contributed by atoms with Gasteiger partial charge in [0.25, 0.3) is 0 Å². The Kier molecular flexibility index (Phi) is 5.66. The second kappa shape index (κ2) is 7.06. The fourth-order valence-electron chi connectivity index (χ4n) is 2.47.